The first-order valence-electron chi connectivity index (χ1n) is 18.1. The summed E-state index contributed by atoms with van der Waals surface area (Å²) in [4.78, 5) is 10.2. The van der Waals surface area contributed by atoms with Gasteiger partial charge in [0, 0.05) is 38.6 Å². The molecule has 0 bridgehead atoms. The number of pyridine rings is 1. The van der Waals surface area contributed by atoms with Crippen molar-refractivity contribution < 1.29 is 26.2 Å². The number of hydrogen-bond acceptors (Lipinski definition) is 3. The number of aromatic hydroxyl groups is 1. The largest absolute Gasteiger partial charge is 0.507 e. The molecule has 0 spiro atoms. The van der Waals surface area contributed by atoms with Crippen LogP contribution in [0.1, 0.15) is 79.0 Å². The molecule has 5 heteroatoms. The van der Waals surface area contributed by atoms with Gasteiger partial charge >= 0.3 is 0 Å². The molecule has 7 aromatic rings. The van der Waals surface area contributed by atoms with Gasteiger partial charge in [-0.1, -0.05) is 134 Å². The zero-order chi connectivity index (χ0) is 37.0. The third-order valence-corrected chi connectivity index (χ3v) is 9.91. The van der Waals surface area contributed by atoms with Crippen LogP contribution in [0.15, 0.2) is 121 Å². The van der Waals surface area contributed by atoms with Gasteiger partial charge in [0.1, 0.15) is 11.6 Å². The Morgan fingerprint density at radius 1 is 0.566 bits per heavy atom. The first-order valence-corrected chi connectivity index (χ1v) is 18.1. The van der Waals surface area contributed by atoms with Gasteiger partial charge in [-0.2, -0.15) is 0 Å². The number of rotatable bonds is 5. The molecule has 0 saturated heterocycles. The molecule has 0 atom stereocenters. The third kappa shape index (κ3) is 7.66. The number of aromatic nitrogens is 3. The van der Waals surface area contributed by atoms with Gasteiger partial charge in [-0.15, -0.1) is 29.8 Å². The van der Waals surface area contributed by atoms with Gasteiger partial charge in [0.2, 0.25) is 0 Å². The first kappa shape index (κ1) is 37.9. The Hall–Kier alpha value is -4.79. The molecule has 272 valence electrons. The topological polar surface area (TPSA) is 50.9 Å². The van der Waals surface area contributed by atoms with Gasteiger partial charge in [0.15, 0.2) is 0 Å². The van der Waals surface area contributed by atoms with Crippen LogP contribution in [0.3, 0.4) is 0 Å². The zero-order valence-corrected chi connectivity index (χ0v) is 34.4. The minimum atomic E-state index is -0.134. The van der Waals surface area contributed by atoms with Crippen LogP contribution in [-0.4, -0.2) is 19.6 Å². The van der Waals surface area contributed by atoms with E-state index in [-0.39, 0.29) is 43.1 Å². The monoisotopic (exact) mass is 877 g/mol. The predicted octanol–water partition coefficient (Wildman–Crippen LogP) is 12.5. The number of fused-ring (bicyclic) bond motifs is 1. The third-order valence-electron chi connectivity index (χ3n) is 9.91. The second-order valence-corrected chi connectivity index (χ2v) is 17.0. The molecule has 53 heavy (non-hydrogen) atoms. The van der Waals surface area contributed by atoms with E-state index in [9.17, 15) is 5.11 Å². The molecule has 0 fully saturated rings. The van der Waals surface area contributed by atoms with Crippen molar-refractivity contribution in [3.63, 3.8) is 0 Å². The molecule has 0 radical (unpaired) electrons. The number of benzene rings is 5. The Kier molecular flexibility index (Phi) is 10.2. The van der Waals surface area contributed by atoms with Gasteiger partial charge in [0.25, 0.3) is 0 Å². The van der Waals surface area contributed by atoms with E-state index in [0.717, 1.165) is 44.7 Å². The summed E-state index contributed by atoms with van der Waals surface area (Å²) in [5.74, 6) is 0.874. The number of hydrogen-bond donors (Lipinski definition) is 1. The molecular weight excluding hydrogens is 830 g/mol. The molecule has 0 aliphatic rings. The number of para-hydroxylation sites is 2. The maximum atomic E-state index is 11.0. The van der Waals surface area contributed by atoms with Crippen LogP contribution in [0.2, 0.25) is 0 Å². The molecule has 0 saturated carbocycles. The number of nitrogens with zero attached hydrogens (tertiary/aromatic N) is 3. The Morgan fingerprint density at radius 3 is 1.81 bits per heavy atom. The molecule has 0 aliphatic heterocycles. The van der Waals surface area contributed by atoms with Crippen molar-refractivity contribution in [3.8, 4) is 56.3 Å². The van der Waals surface area contributed by atoms with Crippen molar-refractivity contribution in [1.29, 1.82) is 0 Å². The minimum Gasteiger partial charge on any atom is -0.507 e. The van der Waals surface area contributed by atoms with E-state index in [1.807, 2.05) is 42.6 Å². The molecule has 4 nitrogen and oxygen atoms in total. The van der Waals surface area contributed by atoms with Gasteiger partial charge in [-0.3, -0.25) is 9.55 Å². The second-order valence-electron chi connectivity index (χ2n) is 17.0. The second kappa shape index (κ2) is 14.2. The number of phenols is 1. The van der Waals surface area contributed by atoms with E-state index in [2.05, 4.69) is 146 Å². The SMILES string of the molecule is CC(C)(C)c1cc(-c2ccnc(-c3[c-]c(-c4cc(C(C)(C)C)cc5c4nc(-c4ccccc4O)n5-c4ccccc4)ccc3)c2)cc(C(C)(C)C)c1.[Pt]. The molecule has 0 amide bonds. The van der Waals surface area contributed by atoms with Crippen LogP contribution in [0, 0.1) is 6.07 Å². The quantitative estimate of drug-likeness (QED) is 0.175. The van der Waals surface area contributed by atoms with Crippen LogP contribution < -0.4 is 0 Å². The summed E-state index contributed by atoms with van der Waals surface area (Å²) in [6.07, 6.45) is 1.91. The average molecular weight is 878 g/mol. The van der Waals surface area contributed by atoms with Gasteiger partial charge < -0.3 is 5.11 Å². The molecule has 7 rings (SSSR count). The first-order chi connectivity index (χ1) is 24.6. The Bertz CT molecular complexity index is 2390. The summed E-state index contributed by atoms with van der Waals surface area (Å²) < 4.78 is 2.16. The number of phenolic OH excluding ortho intramolecular Hbond substituents is 1. The average Bonchev–Trinajstić information content (AvgIpc) is 3.50. The van der Waals surface area contributed by atoms with Crippen LogP contribution >= 0.6 is 0 Å². The van der Waals surface area contributed by atoms with Gasteiger partial charge in [-0.05, 0) is 80.5 Å². The fourth-order valence-corrected chi connectivity index (χ4v) is 6.69. The summed E-state index contributed by atoms with van der Waals surface area (Å²) in [7, 11) is 0. The van der Waals surface area contributed by atoms with E-state index in [1.165, 1.54) is 22.3 Å². The van der Waals surface area contributed by atoms with Crippen molar-refractivity contribution in [1.82, 2.24) is 14.5 Å². The van der Waals surface area contributed by atoms with E-state index in [0.29, 0.717) is 11.4 Å². The predicted molar refractivity (Wildman–Crippen MR) is 217 cm³/mol. The fraction of sp³-hybridized carbons (Fsp3) is 0.250. The van der Waals surface area contributed by atoms with E-state index in [1.54, 1.807) is 6.07 Å². The number of imidazole rings is 1. The van der Waals surface area contributed by atoms with Crippen LogP contribution in [0.25, 0.3) is 61.6 Å². The van der Waals surface area contributed by atoms with Crippen molar-refractivity contribution in [2.24, 2.45) is 0 Å². The van der Waals surface area contributed by atoms with E-state index >= 15 is 0 Å². The normalized spacial score (nSPS) is 12.2. The van der Waals surface area contributed by atoms with Gasteiger partial charge in [-0.25, -0.2) is 4.98 Å². The summed E-state index contributed by atoms with van der Waals surface area (Å²) in [6, 6.07) is 43.5. The minimum absolute atomic E-state index is 0. The summed E-state index contributed by atoms with van der Waals surface area (Å²) in [5.41, 5.74) is 13.2. The molecule has 0 unspecified atom stereocenters. The molecule has 2 aromatic heterocycles. The fourth-order valence-electron chi connectivity index (χ4n) is 6.69. The Morgan fingerprint density at radius 2 is 1.17 bits per heavy atom. The Labute approximate surface area is 329 Å². The van der Waals surface area contributed by atoms with Crippen molar-refractivity contribution in [2.45, 2.75) is 78.6 Å². The van der Waals surface area contributed by atoms with Crippen molar-refractivity contribution in [2.75, 3.05) is 0 Å². The molecule has 1 N–H and O–H groups in total. The van der Waals surface area contributed by atoms with Crippen LogP contribution in [0.5, 0.6) is 5.75 Å². The van der Waals surface area contributed by atoms with E-state index < -0.39 is 0 Å². The standard InChI is InChI=1S/C48H48N3O.Pt/c1-46(2,3)35-25-34(26-36(28-35)47(4,5)6)31-22-23-49-41(27-31)33-17-15-16-32(24-33)40-29-37(48(7,8)9)30-42-44(40)50-45(39-20-13-14-21-43(39)52)51(42)38-18-11-10-12-19-38;/h10-23,25-30,52H,1-9H3;/q-1;. The van der Waals surface area contributed by atoms with Crippen molar-refractivity contribution in [3.05, 3.63) is 144 Å². The molecule has 0 aliphatic carbocycles. The van der Waals surface area contributed by atoms with E-state index in [4.69, 9.17) is 9.97 Å². The van der Waals surface area contributed by atoms with Crippen LogP contribution in [-0.2, 0) is 37.3 Å². The maximum Gasteiger partial charge on any atom is 0.148 e. The smallest absolute Gasteiger partial charge is 0.148 e. The summed E-state index contributed by atoms with van der Waals surface area (Å²) in [6.45, 7) is 20.4. The molecule has 5 aromatic carbocycles. The molecular formula is C48H48N3OPt-. The van der Waals surface area contributed by atoms with Gasteiger partial charge in [0.05, 0.1) is 16.6 Å². The van der Waals surface area contributed by atoms with Crippen molar-refractivity contribution >= 4 is 11.0 Å². The maximum absolute atomic E-state index is 11.0. The van der Waals surface area contributed by atoms with Crippen LogP contribution in [0.4, 0.5) is 0 Å². The summed E-state index contributed by atoms with van der Waals surface area (Å²) >= 11 is 0. The summed E-state index contributed by atoms with van der Waals surface area (Å²) in [5, 5.41) is 11.0. The Balaban J connectivity index is 0.00000481. The zero-order valence-electron chi connectivity index (χ0n) is 32.2. The molecule has 2 heterocycles.